The van der Waals surface area contributed by atoms with Crippen molar-refractivity contribution in [1.82, 2.24) is 4.57 Å². The monoisotopic (exact) mass is 402 g/mol. The number of nitrogens with zero attached hydrogens (tertiary/aromatic N) is 1. The maximum absolute atomic E-state index is 12.2. The van der Waals surface area contributed by atoms with Crippen LogP contribution in [0.15, 0.2) is 54.6 Å². The van der Waals surface area contributed by atoms with Crippen LogP contribution in [0.5, 0.6) is 5.75 Å². The first-order valence-electron chi connectivity index (χ1n) is 9.60. The van der Waals surface area contributed by atoms with Gasteiger partial charge in [0.25, 0.3) is 0 Å². The quantitative estimate of drug-likeness (QED) is 0.509. The lowest BCUT2D eigenvalue weighted by molar-refractivity contribution is -0.139. The molecule has 152 valence electrons. The third kappa shape index (κ3) is 3.48. The highest BCUT2D eigenvalue weighted by Crippen LogP contribution is 2.39. The van der Waals surface area contributed by atoms with E-state index in [4.69, 9.17) is 15.6 Å². The first kappa shape index (κ1) is 19.5. The van der Waals surface area contributed by atoms with E-state index in [2.05, 4.69) is 16.7 Å². The van der Waals surface area contributed by atoms with Crippen molar-refractivity contribution in [2.75, 3.05) is 6.61 Å². The molecule has 0 spiro atoms. The van der Waals surface area contributed by atoms with Gasteiger partial charge in [0, 0.05) is 17.5 Å². The molecule has 0 unspecified atom stereocenters. The summed E-state index contributed by atoms with van der Waals surface area (Å²) in [6.45, 7) is 4.09. The number of hydrogen-bond donors (Lipinski definition) is 2. The second-order valence-corrected chi connectivity index (χ2v) is 7.48. The summed E-state index contributed by atoms with van der Waals surface area (Å²) in [6, 6.07) is 17.5. The fraction of sp³-hybridized carbons (Fsp3) is 0.167. The molecule has 0 fully saturated rings. The van der Waals surface area contributed by atoms with Crippen molar-refractivity contribution >= 4 is 33.7 Å². The zero-order chi connectivity index (χ0) is 21.4. The highest BCUT2D eigenvalue weighted by Gasteiger charge is 2.20. The Morgan fingerprint density at radius 2 is 1.73 bits per heavy atom. The SMILES string of the molecule is Cc1cccc(Cn2c3cc(C)cc(OCC(=O)O)c3c3c(C(N)=O)cccc32)c1. The van der Waals surface area contributed by atoms with Gasteiger partial charge in [-0.15, -0.1) is 0 Å². The van der Waals surface area contributed by atoms with E-state index < -0.39 is 18.5 Å². The summed E-state index contributed by atoms with van der Waals surface area (Å²) in [5.41, 5.74) is 11.0. The van der Waals surface area contributed by atoms with E-state index >= 15 is 0 Å². The number of rotatable bonds is 6. The van der Waals surface area contributed by atoms with Gasteiger partial charge in [-0.05, 0) is 49.2 Å². The number of ether oxygens (including phenoxy) is 1. The van der Waals surface area contributed by atoms with Crippen LogP contribution in [0.3, 0.4) is 0 Å². The fourth-order valence-corrected chi connectivity index (χ4v) is 3.98. The van der Waals surface area contributed by atoms with E-state index in [1.165, 1.54) is 0 Å². The Balaban J connectivity index is 2.06. The second-order valence-electron chi connectivity index (χ2n) is 7.48. The molecule has 0 radical (unpaired) electrons. The summed E-state index contributed by atoms with van der Waals surface area (Å²) in [4.78, 5) is 23.3. The number of hydrogen-bond acceptors (Lipinski definition) is 3. The summed E-state index contributed by atoms with van der Waals surface area (Å²) >= 11 is 0. The molecule has 0 saturated heterocycles. The van der Waals surface area contributed by atoms with Crippen LogP contribution in [0, 0.1) is 13.8 Å². The van der Waals surface area contributed by atoms with E-state index in [0.29, 0.717) is 28.6 Å². The lowest BCUT2D eigenvalue weighted by Gasteiger charge is -2.11. The number of aromatic nitrogens is 1. The van der Waals surface area contributed by atoms with Gasteiger partial charge >= 0.3 is 5.97 Å². The van der Waals surface area contributed by atoms with Gasteiger partial charge in [-0.25, -0.2) is 4.79 Å². The normalized spacial score (nSPS) is 11.1. The molecule has 0 saturated carbocycles. The molecule has 0 aliphatic rings. The zero-order valence-electron chi connectivity index (χ0n) is 16.8. The highest BCUT2D eigenvalue weighted by molar-refractivity contribution is 6.19. The lowest BCUT2D eigenvalue weighted by atomic mass is 10.0. The number of amides is 1. The summed E-state index contributed by atoms with van der Waals surface area (Å²) in [7, 11) is 0. The molecule has 6 heteroatoms. The van der Waals surface area contributed by atoms with Crippen molar-refractivity contribution in [3.63, 3.8) is 0 Å². The third-order valence-corrected chi connectivity index (χ3v) is 5.14. The molecular weight excluding hydrogens is 380 g/mol. The second kappa shape index (κ2) is 7.55. The lowest BCUT2D eigenvalue weighted by Crippen LogP contribution is -2.11. The molecule has 30 heavy (non-hydrogen) atoms. The van der Waals surface area contributed by atoms with Gasteiger partial charge in [-0.2, -0.15) is 0 Å². The minimum absolute atomic E-state index is 0.379. The van der Waals surface area contributed by atoms with Crippen molar-refractivity contribution in [2.45, 2.75) is 20.4 Å². The smallest absolute Gasteiger partial charge is 0.341 e. The van der Waals surface area contributed by atoms with Crippen LogP contribution < -0.4 is 10.5 Å². The van der Waals surface area contributed by atoms with E-state index in [1.807, 2.05) is 38.1 Å². The van der Waals surface area contributed by atoms with Gasteiger partial charge in [0.1, 0.15) is 5.75 Å². The molecule has 0 atom stereocenters. The molecule has 1 heterocycles. The number of carboxylic acid groups (broad SMARTS) is 1. The summed E-state index contributed by atoms with van der Waals surface area (Å²) in [5.74, 6) is -1.18. The van der Waals surface area contributed by atoms with E-state index in [-0.39, 0.29) is 0 Å². The van der Waals surface area contributed by atoms with Gasteiger partial charge in [0.2, 0.25) is 5.91 Å². The molecule has 3 N–H and O–H groups in total. The standard InChI is InChI=1S/C24H22N2O4/c1-14-5-3-6-16(9-14)12-26-18-8-4-7-17(24(25)29)22(18)23-19(26)10-15(2)11-20(23)30-13-21(27)28/h3-11H,12-13H2,1-2H3,(H2,25,29)(H,27,28). The number of benzene rings is 3. The summed E-state index contributed by atoms with van der Waals surface area (Å²) < 4.78 is 7.74. The average Bonchev–Trinajstić information content (AvgIpc) is 2.99. The molecule has 4 rings (SSSR count). The first-order valence-corrected chi connectivity index (χ1v) is 9.60. The van der Waals surface area contributed by atoms with Gasteiger partial charge in [0.15, 0.2) is 6.61 Å². The van der Waals surface area contributed by atoms with Crippen molar-refractivity contribution in [1.29, 1.82) is 0 Å². The molecule has 0 bridgehead atoms. The maximum Gasteiger partial charge on any atom is 0.341 e. The van der Waals surface area contributed by atoms with Gasteiger partial charge in [-0.1, -0.05) is 35.9 Å². The number of aliphatic carboxylic acids is 1. The Morgan fingerprint density at radius 1 is 0.967 bits per heavy atom. The molecule has 4 aromatic rings. The predicted molar refractivity (Wildman–Crippen MR) is 116 cm³/mol. The first-order chi connectivity index (χ1) is 14.3. The Labute approximate surface area is 173 Å². The van der Waals surface area contributed by atoms with E-state index in [1.54, 1.807) is 18.2 Å². The zero-order valence-corrected chi connectivity index (χ0v) is 16.8. The fourth-order valence-electron chi connectivity index (χ4n) is 3.98. The Morgan fingerprint density at radius 3 is 2.43 bits per heavy atom. The van der Waals surface area contributed by atoms with Crippen LogP contribution in [-0.2, 0) is 11.3 Å². The van der Waals surface area contributed by atoms with Crippen LogP contribution in [-0.4, -0.2) is 28.2 Å². The van der Waals surface area contributed by atoms with Gasteiger partial charge in [0.05, 0.1) is 16.4 Å². The van der Waals surface area contributed by atoms with Gasteiger partial charge in [-0.3, -0.25) is 4.79 Å². The molecular formula is C24H22N2O4. The van der Waals surface area contributed by atoms with Crippen molar-refractivity contribution in [2.24, 2.45) is 5.73 Å². The van der Waals surface area contributed by atoms with Crippen LogP contribution in [0.4, 0.5) is 0 Å². The Bertz CT molecular complexity index is 1300. The molecule has 0 aliphatic carbocycles. The molecule has 1 amide bonds. The Kier molecular flexibility index (Phi) is 4.91. The number of carbonyl (C=O) groups excluding carboxylic acids is 1. The summed E-state index contributed by atoms with van der Waals surface area (Å²) in [6.07, 6.45) is 0. The largest absolute Gasteiger partial charge is 0.481 e. The van der Waals surface area contributed by atoms with Crippen molar-refractivity contribution in [3.05, 3.63) is 76.9 Å². The van der Waals surface area contributed by atoms with Crippen molar-refractivity contribution in [3.8, 4) is 5.75 Å². The maximum atomic E-state index is 12.2. The third-order valence-electron chi connectivity index (χ3n) is 5.14. The van der Waals surface area contributed by atoms with Crippen LogP contribution in [0.2, 0.25) is 0 Å². The summed E-state index contributed by atoms with van der Waals surface area (Å²) in [5, 5.41) is 10.5. The molecule has 3 aromatic carbocycles. The van der Waals surface area contributed by atoms with Crippen LogP contribution >= 0.6 is 0 Å². The number of carboxylic acids is 1. The van der Waals surface area contributed by atoms with E-state index in [0.717, 1.165) is 27.7 Å². The minimum atomic E-state index is -1.07. The van der Waals surface area contributed by atoms with Gasteiger partial charge < -0.3 is 20.1 Å². The molecule has 6 nitrogen and oxygen atoms in total. The average molecular weight is 402 g/mol. The number of nitrogens with two attached hydrogens (primary N) is 1. The highest BCUT2D eigenvalue weighted by atomic mass is 16.5. The topological polar surface area (TPSA) is 94.6 Å². The number of fused-ring (bicyclic) bond motifs is 3. The molecule has 1 aromatic heterocycles. The number of primary amides is 1. The number of aryl methyl sites for hydroxylation is 2. The molecule has 0 aliphatic heterocycles. The predicted octanol–water partition coefficient (Wildman–Crippen LogP) is 4.02. The van der Waals surface area contributed by atoms with Crippen molar-refractivity contribution < 1.29 is 19.4 Å². The number of carbonyl (C=O) groups is 2. The van der Waals surface area contributed by atoms with Crippen LogP contribution in [0.1, 0.15) is 27.0 Å². The Hall–Kier alpha value is -3.80. The van der Waals surface area contributed by atoms with Crippen LogP contribution in [0.25, 0.3) is 21.8 Å². The van der Waals surface area contributed by atoms with E-state index in [9.17, 15) is 9.59 Å². The minimum Gasteiger partial charge on any atom is -0.481 e.